The maximum atomic E-state index is 13.3. The topological polar surface area (TPSA) is 280 Å². The molecule has 1 unspecified atom stereocenters. The largest absolute Gasteiger partial charge is 0.490 e. The summed E-state index contributed by atoms with van der Waals surface area (Å²) in [5.74, 6) is -7.10. The van der Waals surface area contributed by atoms with E-state index in [2.05, 4.69) is 27.5 Å². The smallest absolute Gasteiger partial charge is 0.475 e. The molecule has 7 atom stereocenters. The Morgan fingerprint density at radius 1 is 0.614 bits per heavy atom. The summed E-state index contributed by atoms with van der Waals surface area (Å²) in [5.41, 5.74) is 21.6. The lowest BCUT2D eigenvalue weighted by Crippen LogP contribution is -2.52. The maximum absolute atomic E-state index is 13.3. The number of carboxylic acids is 2. The first kappa shape index (κ1) is 50.9. The van der Waals surface area contributed by atoms with Gasteiger partial charge in [0.2, 0.25) is 11.8 Å². The minimum absolute atomic E-state index is 0.0268. The molecule has 0 spiro atoms. The first-order valence-electron chi connectivity index (χ1n) is 19.3. The number of rotatable bonds is 22. The molecule has 12 N–H and O–H groups in total. The highest BCUT2D eigenvalue weighted by Gasteiger charge is 2.66. The van der Waals surface area contributed by atoms with Gasteiger partial charge in [-0.25, -0.2) is 9.59 Å². The molecule has 3 rings (SSSR count). The minimum atomic E-state index is -5.08. The molecule has 0 aromatic rings. The molecule has 1 heterocycles. The van der Waals surface area contributed by atoms with E-state index in [0.29, 0.717) is 0 Å². The zero-order chi connectivity index (χ0) is 43.2. The third-order valence-electron chi connectivity index (χ3n) is 9.68. The van der Waals surface area contributed by atoms with E-state index >= 15 is 0 Å². The number of aliphatic imine (C=N–C) groups is 2. The summed E-state index contributed by atoms with van der Waals surface area (Å²) < 4.78 is 76.2. The third kappa shape index (κ3) is 19.8. The molecule has 0 aromatic heterocycles. The van der Waals surface area contributed by atoms with Crippen LogP contribution in [0.25, 0.3) is 0 Å². The number of alkyl halides is 6. The lowest BCUT2D eigenvalue weighted by Gasteiger charge is -2.34. The minimum Gasteiger partial charge on any atom is -0.475 e. The molecule has 3 aliphatic rings. The van der Waals surface area contributed by atoms with E-state index in [1.54, 1.807) is 0 Å². The van der Waals surface area contributed by atoms with E-state index in [1.165, 1.54) is 77.0 Å². The van der Waals surface area contributed by atoms with Crippen LogP contribution in [0.4, 0.5) is 26.3 Å². The molecule has 57 heavy (non-hydrogen) atoms. The third-order valence-corrected chi connectivity index (χ3v) is 9.68. The van der Waals surface area contributed by atoms with Gasteiger partial charge in [-0.2, -0.15) is 26.3 Å². The zero-order valence-electron chi connectivity index (χ0n) is 32.3. The number of nitrogens with two attached hydrogens (primary N) is 4. The number of aliphatic carboxylic acids is 2. The average Bonchev–Trinajstić information content (AvgIpc) is 3.81. The molecule has 2 amide bonds. The summed E-state index contributed by atoms with van der Waals surface area (Å²) in [7, 11) is 0. The van der Waals surface area contributed by atoms with Gasteiger partial charge in [0.25, 0.3) is 0 Å². The van der Waals surface area contributed by atoms with E-state index in [4.69, 9.17) is 52.2 Å². The average molecular weight is 835 g/mol. The number of halogens is 6. The number of hydrogen-bond donors (Lipinski definition) is 8. The van der Waals surface area contributed by atoms with Crippen LogP contribution in [0.15, 0.2) is 9.98 Å². The summed E-state index contributed by atoms with van der Waals surface area (Å²) in [6.07, 6.45) is 7.82. The fourth-order valence-corrected chi connectivity index (χ4v) is 7.19. The van der Waals surface area contributed by atoms with Gasteiger partial charge in [0.05, 0.1) is 37.1 Å². The highest BCUT2D eigenvalue weighted by Crippen LogP contribution is 2.57. The Morgan fingerprint density at radius 3 is 1.23 bits per heavy atom. The Hall–Kier alpha value is -4.08. The van der Waals surface area contributed by atoms with Crippen molar-refractivity contribution in [3.05, 3.63) is 0 Å². The number of carbonyl (C=O) groups excluding carboxylic acids is 2. The number of unbranched alkanes of at least 4 members (excludes halogenated alkanes) is 12. The molecule has 0 aromatic carbocycles. The summed E-state index contributed by atoms with van der Waals surface area (Å²) in [6.45, 7) is 3.39. The van der Waals surface area contributed by atoms with Crippen molar-refractivity contribution in [2.24, 2.45) is 56.6 Å². The van der Waals surface area contributed by atoms with Crippen molar-refractivity contribution < 1.29 is 65.2 Å². The molecule has 2 aliphatic carbocycles. The molecule has 2 bridgehead atoms. The second kappa shape index (κ2) is 26.0. The predicted octanol–water partition coefficient (Wildman–Crippen LogP) is 3.51. The summed E-state index contributed by atoms with van der Waals surface area (Å²) >= 11 is 0. The lowest BCUT2D eigenvalue weighted by molar-refractivity contribution is -0.193. The standard InChI is InChI=1S/C31H58N8O4.2C2HF3O2/c1-2-3-4-5-6-7-8-9-10-11-12-13-14-15-23-42-26-21-20-22(27(26)43-23)25(29(41)37-17-19-39-31(34)35)24(21)28(40)36-16-18-38-30(32)33;2*3-2(4,5)1(6)7/h21-27H,2-20H2,1H3,(H,36,40)(H,37,41)(H4,32,33,38)(H4,34,35,39);2*(H,6,7)/t21-,22+,23?,24-,25-,26-,27+;;/m1../s1. The molecule has 2 saturated carbocycles. The molecule has 0 radical (unpaired) electrons. The van der Waals surface area contributed by atoms with Gasteiger partial charge in [-0.3, -0.25) is 19.6 Å². The Morgan fingerprint density at radius 2 is 0.930 bits per heavy atom. The van der Waals surface area contributed by atoms with Crippen LogP contribution in [0, 0.1) is 23.7 Å². The Bertz CT molecular complexity index is 1220. The SMILES string of the molecule is CCCCCCCCCCCCCCCC1O[C@@H]2[C@@H]3C[C@H]([C@@H]2O1)[C@@H](C(=O)NCCN=C(N)N)[C@@H]3C(=O)NCCN=C(N)N.O=C(O)C(F)(F)F.O=C(O)C(F)(F)F. The van der Waals surface area contributed by atoms with Gasteiger partial charge < -0.3 is 53.3 Å². The molecule has 1 aliphatic heterocycles. The van der Waals surface area contributed by atoms with Gasteiger partial charge in [0.15, 0.2) is 18.2 Å². The highest BCUT2D eigenvalue weighted by atomic mass is 19.4. The fourth-order valence-electron chi connectivity index (χ4n) is 7.19. The lowest BCUT2D eigenvalue weighted by atomic mass is 9.75. The number of carboxylic acid groups (broad SMARTS) is 2. The molecule has 1 saturated heterocycles. The van der Waals surface area contributed by atoms with Crippen LogP contribution in [-0.4, -0.2) is 103 Å². The van der Waals surface area contributed by atoms with Crippen LogP contribution in [0.3, 0.4) is 0 Å². The second-order valence-electron chi connectivity index (χ2n) is 14.1. The first-order chi connectivity index (χ1) is 26.7. The summed E-state index contributed by atoms with van der Waals surface area (Å²) in [5, 5.41) is 20.1. The van der Waals surface area contributed by atoms with Crippen LogP contribution < -0.4 is 33.6 Å². The second-order valence-corrected chi connectivity index (χ2v) is 14.1. The van der Waals surface area contributed by atoms with Gasteiger partial charge >= 0.3 is 24.3 Å². The van der Waals surface area contributed by atoms with Crippen molar-refractivity contribution in [2.75, 3.05) is 26.2 Å². The van der Waals surface area contributed by atoms with Crippen LogP contribution in [0.2, 0.25) is 0 Å². The molecule has 330 valence electrons. The van der Waals surface area contributed by atoms with E-state index in [-0.39, 0.29) is 80.2 Å². The van der Waals surface area contributed by atoms with Crippen molar-refractivity contribution in [3.8, 4) is 0 Å². The Labute approximate surface area is 328 Å². The van der Waals surface area contributed by atoms with E-state index in [9.17, 15) is 35.9 Å². The monoisotopic (exact) mass is 834 g/mol. The van der Waals surface area contributed by atoms with Crippen LogP contribution in [0.1, 0.15) is 103 Å². The number of hydrogen-bond acceptors (Lipinski definition) is 8. The number of ether oxygens (including phenoxy) is 2. The van der Waals surface area contributed by atoms with E-state index < -0.39 is 36.1 Å². The maximum Gasteiger partial charge on any atom is 0.490 e. The molecule has 3 fully saturated rings. The Kier molecular flexibility index (Phi) is 23.3. The van der Waals surface area contributed by atoms with Gasteiger partial charge in [-0.05, 0) is 19.3 Å². The van der Waals surface area contributed by atoms with Crippen molar-refractivity contribution >= 4 is 35.7 Å². The van der Waals surface area contributed by atoms with Crippen LogP contribution in [-0.2, 0) is 28.7 Å². The predicted molar refractivity (Wildman–Crippen MR) is 197 cm³/mol. The van der Waals surface area contributed by atoms with Gasteiger partial charge in [0, 0.05) is 24.9 Å². The number of amides is 2. The number of fused-ring (bicyclic) bond motifs is 5. The molecular formula is C35H60F6N8O8. The van der Waals surface area contributed by atoms with Crippen molar-refractivity contribution in [1.29, 1.82) is 0 Å². The summed E-state index contributed by atoms with van der Waals surface area (Å²) in [4.78, 5) is 52.3. The molecular weight excluding hydrogens is 774 g/mol. The molecule has 16 nitrogen and oxygen atoms in total. The number of guanidine groups is 2. The van der Waals surface area contributed by atoms with Crippen LogP contribution >= 0.6 is 0 Å². The van der Waals surface area contributed by atoms with E-state index in [0.717, 1.165) is 19.3 Å². The Balaban J connectivity index is 0.000000984. The number of carbonyl (C=O) groups is 4. The van der Waals surface area contributed by atoms with Crippen molar-refractivity contribution in [2.45, 2.75) is 134 Å². The van der Waals surface area contributed by atoms with E-state index in [1.807, 2.05) is 0 Å². The van der Waals surface area contributed by atoms with Crippen molar-refractivity contribution in [3.63, 3.8) is 0 Å². The zero-order valence-corrected chi connectivity index (χ0v) is 32.3. The normalized spacial score (nSPS) is 23.2. The number of nitrogens with zero attached hydrogens (tertiary/aromatic N) is 2. The highest BCUT2D eigenvalue weighted by molar-refractivity contribution is 5.89. The van der Waals surface area contributed by atoms with Gasteiger partial charge in [-0.1, -0.05) is 84.0 Å². The van der Waals surface area contributed by atoms with Gasteiger partial charge in [0.1, 0.15) is 0 Å². The quantitative estimate of drug-likeness (QED) is 0.0337. The van der Waals surface area contributed by atoms with Gasteiger partial charge in [-0.15, -0.1) is 0 Å². The number of nitrogens with one attached hydrogen (secondary N) is 2. The van der Waals surface area contributed by atoms with Crippen LogP contribution in [0.5, 0.6) is 0 Å². The first-order valence-corrected chi connectivity index (χ1v) is 19.3. The molecule has 22 heteroatoms. The van der Waals surface area contributed by atoms with Crippen molar-refractivity contribution in [1.82, 2.24) is 10.6 Å². The fraction of sp³-hybridized carbons (Fsp3) is 0.829. The summed E-state index contributed by atoms with van der Waals surface area (Å²) in [6, 6.07) is 0.